The molecule has 0 radical (unpaired) electrons. The van der Waals surface area contributed by atoms with Gasteiger partial charge in [0, 0.05) is 13.1 Å². The Bertz CT molecular complexity index is 724. The third-order valence-corrected chi connectivity index (χ3v) is 5.04. The number of halogens is 1. The van der Waals surface area contributed by atoms with Crippen LogP contribution in [-0.4, -0.2) is 29.1 Å². The van der Waals surface area contributed by atoms with Crippen molar-refractivity contribution in [3.8, 4) is 0 Å². The lowest BCUT2D eigenvalue weighted by atomic mass is 9.91. The first-order chi connectivity index (χ1) is 12.1. The van der Waals surface area contributed by atoms with E-state index < -0.39 is 0 Å². The summed E-state index contributed by atoms with van der Waals surface area (Å²) in [7, 11) is 0. The smallest absolute Gasteiger partial charge is 0.259 e. The van der Waals surface area contributed by atoms with E-state index in [2.05, 4.69) is 5.16 Å². The van der Waals surface area contributed by atoms with Crippen LogP contribution in [-0.2, 0) is 12.8 Å². The topological polar surface area (TPSA) is 46.3 Å². The average molecular weight is 344 g/mol. The standard InChI is InChI=1S/C20H25FN2O2/c1-3-18-19(14(2)25-22-18)20(24)23-12-4-5-16(13-23)7-6-15-8-10-17(21)11-9-15/h8-11,16H,3-7,12-13H2,1-2H3/t16-/m0/s1. The van der Waals surface area contributed by atoms with Crippen LogP contribution in [0.2, 0.25) is 0 Å². The molecule has 0 aliphatic carbocycles. The fraction of sp³-hybridized carbons (Fsp3) is 0.500. The van der Waals surface area contributed by atoms with Crippen LogP contribution >= 0.6 is 0 Å². The number of carbonyl (C=O) groups is 1. The minimum Gasteiger partial charge on any atom is -0.361 e. The summed E-state index contributed by atoms with van der Waals surface area (Å²) in [5, 5.41) is 4.00. The Morgan fingerprint density at radius 3 is 2.84 bits per heavy atom. The number of carbonyl (C=O) groups excluding carboxylic acids is 1. The molecule has 0 unspecified atom stereocenters. The molecule has 1 atom stereocenters. The maximum absolute atomic E-state index is 13.0. The van der Waals surface area contributed by atoms with E-state index in [1.54, 1.807) is 6.92 Å². The maximum atomic E-state index is 13.0. The van der Waals surface area contributed by atoms with Crippen LogP contribution in [0, 0.1) is 18.7 Å². The van der Waals surface area contributed by atoms with Crippen molar-refractivity contribution in [1.82, 2.24) is 10.1 Å². The molecule has 4 nitrogen and oxygen atoms in total. The molecule has 1 aromatic carbocycles. The number of likely N-dealkylation sites (tertiary alicyclic amines) is 1. The summed E-state index contributed by atoms with van der Waals surface area (Å²) in [4.78, 5) is 14.8. The van der Waals surface area contributed by atoms with E-state index in [0.717, 1.165) is 50.0 Å². The summed E-state index contributed by atoms with van der Waals surface area (Å²) in [6.07, 6.45) is 4.78. The van der Waals surface area contributed by atoms with Crippen molar-refractivity contribution in [3.63, 3.8) is 0 Å². The number of amides is 1. The minimum atomic E-state index is -0.200. The molecule has 25 heavy (non-hydrogen) atoms. The number of hydrogen-bond acceptors (Lipinski definition) is 3. The molecule has 5 heteroatoms. The molecule has 1 aliphatic rings. The van der Waals surface area contributed by atoms with E-state index in [9.17, 15) is 9.18 Å². The molecule has 1 aromatic heterocycles. The quantitative estimate of drug-likeness (QED) is 0.818. The Labute approximate surface area is 148 Å². The second-order valence-corrected chi connectivity index (χ2v) is 6.84. The minimum absolute atomic E-state index is 0.0436. The SMILES string of the molecule is CCc1noc(C)c1C(=O)N1CCC[C@@H](CCc2ccc(F)cc2)C1. The molecule has 0 spiro atoms. The van der Waals surface area contributed by atoms with Crippen molar-refractivity contribution in [2.75, 3.05) is 13.1 Å². The first-order valence-corrected chi connectivity index (χ1v) is 9.07. The van der Waals surface area contributed by atoms with Crippen LogP contribution in [0.5, 0.6) is 0 Å². The van der Waals surface area contributed by atoms with Crippen molar-refractivity contribution in [2.45, 2.75) is 46.0 Å². The van der Waals surface area contributed by atoms with E-state index in [1.807, 2.05) is 24.0 Å². The van der Waals surface area contributed by atoms with Crippen LogP contribution in [0.15, 0.2) is 28.8 Å². The van der Waals surface area contributed by atoms with Crippen LogP contribution in [0.1, 0.15) is 53.6 Å². The molecule has 2 aromatic rings. The summed E-state index contributed by atoms with van der Waals surface area (Å²) >= 11 is 0. The number of rotatable bonds is 5. The third-order valence-electron chi connectivity index (χ3n) is 5.04. The molecule has 1 saturated heterocycles. The van der Waals surface area contributed by atoms with Crippen molar-refractivity contribution in [1.29, 1.82) is 0 Å². The highest BCUT2D eigenvalue weighted by Crippen LogP contribution is 2.25. The molecule has 134 valence electrons. The maximum Gasteiger partial charge on any atom is 0.259 e. The largest absolute Gasteiger partial charge is 0.361 e. The van der Waals surface area contributed by atoms with Crippen molar-refractivity contribution >= 4 is 5.91 Å². The normalized spacial score (nSPS) is 17.7. The van der Waals surface area contributed by atoms with Gasteiger partial charge in [-0.15, -0.1) is 0 Å². The second-order valence-electron chi connectivity index (χ2n) is 6.84. The van der Waals surface area contributed by atoms with E-state index in [-0.39, 0.29) is 11.7 Å². The van der Waals surface area contributed by atoms with Gasteiger partial charge in [0.15, 0.2) is 0 Å². The molecule has 0 saturated carbocycles. The molecule has 3 rings (SSSR count). The second kappa shape index (κ2) is 7.81. The van der Waals surface area contributed by atoms with Gasteiger partial charge in [0.05, 0.1) is 5.69 Å². The number of hydrogen-bond donors (Lipinski definition) is 0. The predicted octanol–water partition coefficient (Wildman–Crippen LogP) is 4.17. The van der Waals surface area contributed by atoms with Gasteiger partial charge in [0.2, 0.25) is 0 Å². The van der Waals surface area contributed by atoms with Crippen molar-refractivity contribution in [3.05, 3.63) is 52.7 Å². The lowest BCUT2D eigenvalue weighted by Gasteiger charge is -2.33. The first-order valence-electron chi connectivity index (χ1n) is 9.07. The molecule has 1 aliphatic heterocycles. The Morgan fingerprint density at radius 2 is 2.12 bits per heavy atom. The van der Waals surface area contributed by atoms with Gasteiger partial charge in [-0.1, -0.05) is 24.2 Å². The average Bonchev–Trinajstić information content (AvgIpc) is 3.01. The van der Waals surface area contributed by atoms with Crippen molar-refractivity contribution < 1.29 is 13.7 Å². The number of aryl methyl sites for hydroxylation is 3. The fourth-order valence-electron chi connectivity index (χ4n) is 3.60. The molecule has 0 N–H and O–H groups in total. The Kier molecular flexibility index (Phi) is 5.51. The van der Waals surface area contributed by atoms with E-state index >= 15 is 0 Å². The van der Waals surface area contributed by atoms with Crippen molar-refractivity contribution in [2.24, 2.45) is 5.92 Å². The number of aromatic nitrogens is 1. The molecule has 1 fully saturated rings. The number of piperidine rings is 1. The van der Waals surface area contributed by atoms with Crippen LogP contribution in [0.25, 0.3) is 0 Å². The zero-order valence-corrected chi connectivity index (χ0v) is 14.9. The lowest BCUT2D eigenvalue weighted by Crippen LogP contribution is -2.40. The van der Waals surface area contributed by atoms with Gasteiger partial charge in [-0.3, -0.25) is 4.79 Å². The van der Waals surface area contributed by atoms with Gasteiger partial charge in [0.25, 0.3) is 5.91 Å². The Balaban J connectivity index is 1.61. The Hall–Kier alpha value is -2.17. The van der Waals surface area contributed by atoms with Crippen LogP contribution in [0.4, 0.5) is 4.39 Å². The highest BCUT2D eigenvalue weighted by Gasteiger charge is 2.28. The predicted molar refractivity (Wildman–Crippen MR) is 94.0 cm³/mol. The first kappa shape index (κ1) is 17.6. The van der Waals surface area contributed by atoms with Gasteiger partial charge in [-0.2, -0.15) is 0 Å². The van der Waals surface area contributed by atoms with Gasteiger partial charge < -0.3 is 9.42 Å². The van der Waals surface area contributed by atoms with Gasteiger partial charge >= 0.3 is 0 Å². The van der Waals surface area contributed by atoms with Gasteiger partial charge in [-0.25, -0.2) is 4.39 Å². The fourth-order valence-corrected chi connectivity index (χ4v) is 3.60. The molecule has 0 bridgehead atoms. The summed E-state index contributed by atoms with van der Waals surface area (Å²) < 4.78 is 18.2. The summed E-state index contributed by atoms with van der Waals surface area (Å²) in [5.74, 6) is 0.930. The molecule has 1 amide bonds. The zero-order chi connectivity index (χ0) is 17.8. The number of benzene rings is 1. The highest BCUT2D eigenvalue weighted by molar-refractivity contribution is 5.96. The van der Waals surface area contributed by atoms with Gasteiger partial charge in [0.1, 0.15) is 17.1 Å². The van der Waals surface area contributed by atoms with E-state index in [4.69, 9.17) is 4.52 Å². The van der Waals surface area contributed by atoms with Crippen LogP contribution in [0.3, 0.4) is 0 Å². The van der Waals surface area contributed by atoms with Crippen LogP contribution < -0.4 is 0 Å². The lowest BCUT2D eigenvalue weighted by molar-refractivity contribution is 0.0665. The zero-order valence-electron chi connectivity index (χ0n) is 14.9. The Morgan fingerprint density at radius 1 is 1.36 bits per heavy atom. The summed E-state index contributed by atoms with van der Waals surface area (Å²) in [5.41, 5.74) is 2.53. The highest BCUT2D eigenvalue weighted by atomic mass is 19.1. The van der Waals surface area contributed by atoms with E-state index in [0.29, 0.717) is 23.7 Å². The molecular formula is C20H25FN2O2. The van der Waals surface area contributed by atoms with Gasteiger partial charge in [-0.05, 0) is 62.6 Å². The molecule has 2 heterocycles. The molecular weight excluding hydrogens is 319 g/mol. The monoisotopic (exact) mass is 344 g/mol. The van der Waals surface area contributed by atoms with E-state index in [1.165, 1.54) is 12.1 Å². The number of nitrogens with zero attached hydrogens (tertiary/aromatic N) is 2. The summed E-state index contributed by atoms with van der Waals surface area (Å²) in [6.45, 7) is 5.35. The third kappa shape index (κ3) is 4.09. The summed E-state index contributed by atoms with van der Waals surface area (Å²) in [6, 6.07) is 6.70.